The van der Waals surface area contributed by atoms with Gasteiger partial charge in [0, 0.05) is 23.1 Å². The third kappa shape index (κ3) is 4.33. The van der Waals surface area contributed by atoms with Crippen LogP contribution < -0.4 is 10.7 Å². The fourth-order valence-electron chi connectivity index (χ4n) is 3.59. The Morgan fingerprint density at radius 1 is 0.938 bits per heavy atom. The van der Waals surface area contributed by atoms with Gasteiger partial charge in [0.05, 0.1) is 16.7 Å². The average molecular weight is 448 g/mol. The van der Waals surface area contributed by atoms with E-state index in [2.05, 4.69) is 5.32 Å². The Morgan fingerprint density at radius 2 is 1.62 bits per heavy atom. The predicted octanol–water partition coefficient (Wildman–Crippen LogP) is 4.57. The number of benzene rings is 3. The molecule has 7 heteroatoms. The quantitative estimate of drug-likeness (QED) is 0.484. The molecule has 162 valence electrons. The van der Waals surface area contributed by atoms with Crippen molar-refractivity contribution in [3.8, 4) is 11.3 Å². The van der Waals surface area contributed by atoms with Crippen molar-refractivity contribution in [2.24, 2.45) is 0 Å². The Bertz CT molecular complexity index is 1490. The number of sulfone groups is 1. The van der Waals surface area contributed by atoms with E-state index in [9.17, 15) is 18.0 Å². The molecule has 0 aliphatic heterocycles. The fourth-order valence-corrected chi connectivity index (χ4v) is 4.41. The Balaban J connectivity index is 1.82. The first-order valence-electron chi connectivity index (χ1n) is 9.93. The number of amides is 1. The van der Waals surface area contributed by atoms with Crippen LogP contribution in [0.4, 0.5) is 5.69 Å². The molecule has 1 heterocycles. The maximum atomic E-state index is 13.2. The third-order valence-corrected chi connectivity index (χ3v) is 5.94. The largest absolute Gasteiger partial charge is 0.455 e. The van der Waals surface area contributed by atoms with Gasteiger partial charge in [-0.05, 0) is 30.7 Å². The molecule has 0 spiro atoms. The maximum absolute atomic E-state index is 13.2. The summed E-state index contributed by atoms with van der Waals surface area (Å²) in [4.78, 5) is 26.2. The number of carbonyl (C=O) groups excluding carboxylic acids is 1. The number of rotatable bonds is 5. The van der Waals surface area contributed by atoms with Gasteiger partial charge in [-0.1, -0.05) is 54.6 Å². The molecule has 0 aliphatic rings. The Morgan fingerprint density at radius 3 is 2.34 bits per heavy atom. The zero-order valence-electron chi connectivity index (χ0n) is 17.6. The third-order valence-electron chi connectivity index (χ3n) is 5.11. The minimum atomic E-state index is -3.29. The van der Waals surface area contributed by atoms with Gasteiger partial charge >= 0.3 is 0 Å². The summed E-state index contributed by atoms with van der Waals surface area (Å²) in [5, 5.41) is 3.07. The first kappa shape index (κ1) is 21.5. The van der Waals surface area contributed by atoms with Crippen molar-refractivity contribution in [1.82, 2.24) is 0 Å². The summed E-state index contributed by atoms with van der Waals surface area (Å²) >= 11 is 0. The van der Waals surface area contributed by atoms with Crippen LogP contribution in [-0.4, -0.2) is 20.6 Å². The molecule has 1 N–H and O–H groups in total. The molecule has 0 unspecified atom stereocenters. The van der Waals surface area contributed by atoms with Crippen LogP contribution in [0.1, 0.15) is 21.5 Å². The highest BCUT2D eigenvalue weighted by molar-refractivity contribution is 7.89. The average Bonchev–Trinajstić information content (AvgIpc) is 2.76. The van der Waals surface area contributed by atoms with Gasteiger partial charge < -0.3 is 9.73 Å². The van der Waals surface area contributed by atoms with E-state index >= 15 is 0 Å². The van der Waals surface area contributed by atoms with E-state index in [-0.39, 0.29) is 22.3 Å². The second kappa shape index (κ2) is 8.43. The molecule has 3 aromatic carbocycles. The molecule has 0 aliphatic carbocycles. The van der Waals surface area contributed by atoms with Gasteiger partial charge in [0.25, 0.3) is 5.91 Å². The molecule has 0 atom stereocenters. The van der Waals surface area contributed by atoms with Crippen LogP contribution in [-0.2, 0) is 15.6 Å². The second-order valence-corrected chi connectivity index (χ2v) is 9.76. The van der Waals surface area contributed by atoms with Crippen molar-refractivity contribution in [2.75, 3.05) is 11.6 Å². The number of nitrogens with one attached hydrogen (secondary N) is 1. The van der Waals surface area contributed by atoms with Gasteiger partial charge in [-0.3, -0.25) is 9.59 Å². The number of carbonyl (C=O) groups is 1. The molecule has 32 heavy (non-hydrogen) atoms. The molecular weight excluding hydrogens is 426 g/mol. The summed E-state index contributed by atoms with van der Waals surface area (Å²) in [6, 6.07) is 20.7. The number of hydrogen-bond acceptors (Lipinski definition) is 5. The standard InChI is InChI=1S/C25H21NO5S/c1-16-22(27)19-12-8-13-20(24(19)31-23(16)17-9-4-3-5-10-17)25(28)26-21-14-7-6-11-18(21)15-32(2,29)30/h3-14H,15H2,1-2H3,(H,26,28). The summed E-state index contributed by atoms with van der Waals surface area (Å²) in [6.07, 6.45) is 1.14. The van der Waals surface area contributed by atoms with Crippen LogP contribution in [0.25, 0.3) is 22.3 Å². The SMILES string of the molecule is Cc1c(-c2ccccc2)oc2c(C(=O)Nc3ccccc3CS(C)(=O)=O)cccc2c1=O. The number of hydrogen-bond donors (Lipinski definition) is 1. The lowest BCUT2D eigenvalue weighted by molar-refractivity contribution is 0.102. The van der Waals surface area contributed by atoms with E-state index in [0.29, 0.717) is 28.0 Å². The van der Waals surface area contributed by atoms with Crippen molar-refractivity contribution in [3.05, 3.63) is 99.7 Å². The minimum Gasteiger partial charge on any atom is -0.455 e. The summed E-state index contributed by atoms with van der Waals surface area (Å²) in [6.45, 7) is 1.70. The predicted molar refractivity (Wildman–Crippen MR) is 126 cm³/mol. The van der Waals surface area contributed by atoms with Crippen molar-refractivity contribution in [1.29, 1.82) is 0 Å². The number of fused-ring (bicyclic) bond motifs is 1. The van der Waals surface area contributed by atoms with Crippen LogP contribution in [0, 0.1) is 6.92 Å². The number of anilines is 1. The van der Waals surface area contributed by atoms with Crippen LogP contribution in [0.5, 0.6) is 0 Å². The fraction of sp³-hybridized carbons (Fsp3) is 0.120. The topological polar surface area (TPSA) is 93.4 Å². The van der Waals surface area contributed by atoms with E-state index in [1.165, 1.54) is 0 Å². The van der Waals surface area contributed by atoms with Crippen LogP contribution in [0.3, 0.4) is 0 Å². The molecule has 1 aromatic heterocycles. The summed E-state index contributed by atoms with van der Waals surface area (Å²) < 4.78 is 29.6. The van der Waals surface area contributed by atoms with E-state index in [0.717, 1.165) is 11.8 Å². The Hall–Kier alpha value is -3.71. The summed E-state index contributed by atoms with van der Waals surface area (Å²) in [7, 11) is -3.29. The molecule has 4 rings (SSSR count). The lowest BCUT2D eigenvalue weighted by Crippen LogP contribution is -2.16. The summed E-state index contributed by atoms with van der Waals surface area (Å²) in [5.41, 5.74) is 2.21. The van der Waals surface area contributed by atoms with E-state index in [4.69, 9.17) is 4.42 Å². The smallest absolute Gasteiger partial charge is 0.259 e. The zero-order valence-corrected chi connectivity index (χ0v) is 18.4. The first-order valence-corrected chi connectivity index (χ1v) is 12.0. The lowest BCUT2D eigenvalue weighted by Gasteiger charge is -2.13. The molecule has 0 fully saturated rings. The lowest BCUT2D eigenvalue weighted by atomic mass is 10.0. The molecule has 0 saturated heterocycles. The van der Waals surface area contributed by atoms with Gasteiger partial charge in [0.1, 0.15) is 5.76 Å². The van der Waals surface area contributed by atoms with Crippen LogP contribution in [0.15, 0.2) is 82.0 Å². The normalized spacial score (nSPS) is 11.4. The Kier molecular flexibility index (Phi) is 5.67. The monoisotopic (exact) mass is 447 g/mol. The highest BCUT2D eigenvalue weighted by Crippen LogP contribution is 2.28. The van der Waals surface area contributed by atoms with Gasteiger partial charge in [0.2, 0.25) is 0 Å². The molecule has 6 nitrogen and oxygen atoms in total. The molecule has 1 amide bonds. The molecule has 0 bridgehead atoms. The minimum absolute atomic E-state index is 0.181. The molecule has 0 radical (unpaired) electrons. The maximum Gasteiger partial charge on any atom is 0.259 e. The zero-order chi connectivity index (χ0) is 22.9. The van der Waals surface area contributed by atoms with E-state index < -0.39 is 15.7 Å². The molecule has 4 aromatic rings. The van der Waals surface area contributed by atoms with E-state index in [1.807, 2.05) is 30.3 Å². The van der Waals surface area contributed by atoms with Crippen molar-refractivity contribution >= 4 is 32.4 Å². The van der Waals surface area contributed by atoms with E-state index in [1.54, 1.807) is 49.4 Å². The van der Waals surface area contributed by atoms with Crippen molar-refractivity contribution in [2.45, 2.75) is 12.7 Å². The van der Waals surface area contributed by atoms with Gasteiger partial charge in [-0.25, -0.2) is 8.42 Å². The highest BCUT2D eigenvalue weighted by Gasteiger charge is 2.19. The highest BCUT2D eigenvalue weighted by atomic mass is 32.2. The van der Waals surface area contributed by atoms with Gasteiger partial charge in [-0.15, -0.1) is 0 Å². The van der Waals surface area contributed by atoms with Crippen molar-refractivity contribution < 1.29 is 17.6 Å². The summed E-state index contributed by atoms with van der Waals surface area (Å²) in [5.74, 6) is -0.297. The van der Waals surface area contributed by atoms with Crippen LogP contribution in [0.2, 0.25) is 0 Å². The number of para-hydroxylation sites is 2. The van der Waals surface area contributed by atoms with Gasteiger partial charge in [0.15, 0.2) is 20.8 Å². The van der Waals surface area contributed by atoms with Crippen LogP contribution >= 0.6 is 0 Å². The van der Waals surface area contributed by atoms with Gasteiger partial charge in [-0.2, -0.15) is 0 Å². The first-order chi connectivity index (χ1) is 15.2. The Labute approximate surface area is 185 Å². The second-order valence-electron chi connectivity index (χ2n) is 7.61. The van der Waals surface area contributed by atoms with Crippen molar-refractivity contribution in [3.63, 3.8) is 0 Å². The molecule has 0 saturated carbocycles. The molecular formula is C25H21NO5S.